The highest BCUT2D eigenvalue weighted by atomic mass is 35.5. The lowest BCUT2D eigenvalue weighted by molar-refractivity contribution is -0.142. The van der Waals surface area contributed by atoms with Crippen molar-refractivity contribution in [2.24, 2.45) is 11.8 Å². The Kier molecular flexibility index (Phi) is 4.63. The molecule has 0 saturated carbocycles. The summed E-state index contributed by atoms with van der Waals surface area (Å²) in [5, 5.41) is 9.93. The van der Waals surface area contributed by atoms with Gasteiger partial charge in [0.1, 0.15) is 0 Å². The van der Waals surface area contributed by atoms with Crippen molar-refractivity contribution in [3.8, 4) is 0 Å². The molecule has 0 heterocycles. The third kappa shape index (κ3) is 3.13. The average Bonchev–Trinajstić information content (AvgIpc) is 2.23. The van der Waals surface area contributed by atoms with E-state index in [2.05, 4.69) is 0 Å². The van der Waals surface area contributed by atoms with E-state index in [0.717, 1.165) is 5.56 Å². The summed E-state index contributed by atoms with van der Waals surface area (Å²) in [4.78, 5) is 10.8. The molecule has 0 fully saturated rings. The zero-order valence-corrected chi connectivity index (χ0v) is 10.7. The summed E-state index contributed by atoms with van der Waals surface area (Å²) >= 11 is 11.9. The van der Waals surface area contributed by atoms with Crippen molar-refractivity contribution < 1.29 is 9.90 Å². The zero-order chi connectivity index (χ0) is 12.3. The van der Waals surface area contributed by atoms with Crippen molar-refractivity contribution >= 4 is 29.2 Å². The van der Waals surface area contributed by atoms with Crippen LogP contribution in [0.15, 0.2) is 18.2 Å². The van der Waals surface area contributed by atoms with Gasteiger partial charge in [-0.25, -0.2) is 0 Å². The summed E-state index contributed by atoms with van der Waals surface area (Å²) in [6.45, 7) is 3.60. The Bertz CT molecular complexity index is 391. The molecule has 0 spiro atoms. The minimum Gasteiger partial charge on any atom is -0.481 e. The van der Waals surface area contributed by atoms with Crippen LogP contribution < -0.4 is 0 Å². The number of carboxylic acids is 1. The normalized spacial score (nSPS) is 14.5. The van der Waals surface area contributed by atoms with Gasteiger partial charge >= 0.3 is 5.97 Å². The fourth-order valence-corrected chi connectivity index (χ4v) is 1.87. The van der Waals surface area contributed by atoms with Crippen molar-refractivity contribution in [1.82, 2.24) is 0 Å². The Labute approximate surface area is 105 Å². The number of carboxylic acid groups (broad SMARTS) is 1. The van der Waals surface area contributed by atoms with E-state index in [1.54, 1.807) is 13.0 Å². The average molecular weight is 261 g/mol. The second-order valence-corrected chi connectivity index (χ2v) is 4.81. The van der Waals surface area contributed by atoms with Crippen molar-refractivity contribution in [2.75, 3.05) is 0 Å². The van der Waals surface area contributed by atoms with Gasteiger partial charge in [-0.05, 0) is 24.0 Å². The van der Waals surface area contributed by atoms with Gasteiger partial charge in [0.2, 0.25) is 0 Å². The summed E-state index contributed by atoms with van der Waals surface area (Å²) in [7, 11) is 0. The molecule has 0 aliphatic carbocycles. The molecule has 1 aromatic carbocycles. The minimum absolute atomic E-state index is 0.0217. The maximum absolute atomic E-state index is 10.8. The molecule has 0 aliphatic rings. The van der Waals surface area contributed by atoms with E-state index in [4.69, 9.17) is 28.3 Å². The lowest BCUT2D eigenvalue weighted by Gasteiger charge is -2.16. The van der Waals surface area contributed by atoms with Gasteiger partial charge in [-0.15, -0.1) is 0 Å². The van der Waals surface area contributed by atoms with Crippen molar-refractivity contribution in [3.05, 3.63) is 33.8 Å². The first-order valence-electron chi connectivity index (χ1n) is 5.09. The Morgan fingerprint density at radius 1 is 1.38 bits per heavy atom. The minimum atomic E-state index is -0.786. The first-order chi connectivity index (χ1) is 7.43. The van der Waals surface area contributed by atoms with E-state index in [0.29, 0.717) is 16.5 Å². The second-order valence-electron chi connectivity index (χ2n) is 4.02. The molecule has 0 bridgehead atoms. The number of hydrogen-bond donors (Lipinski definition) is 1. The fraction of sp³-hybridized carbons (Fsp3) is 0.417. The molecule has 0 aliphatic heterocycles. The van der Waals surface area contributed by atoms with Crippen molar-refractivity contribution in [1.29, 1.82) is 0 Å². The Morgan fingerprint density at radius 3 is 2.56 bits per heavy atom. The highest BCUT2D eigenvalue weighted by Gasteiger charge is 2.20. The van der Waals surface area contributed by atoms with Gasteiger partial charge < -0.3 is 5.11 Å². The summed E-state index contributed by atoms with van der Waals surface area (Å²) in [5.41, 5.74) is 0.898. The largest absolute Gasteiger partial charge is 0.481 e. The quantitative estimate of drug-likeness (QED) is 0.892. The SMILES string of the molecule is CC(Cc1cccc(Cl)c1Cl)C(C)C(=O)O. The summed E-state index contributed by atoms with van der Waals surface area (Å²) in [6.07, 6.45) is 0.618. The van der Waals surface area contributed by atoms with Crippen LogP contribution in [-0.2, 0) is 11.2 Å². The number of aliphatic carboxylic acids is 1. The number of halogens is 2. The molecule has 0 amide bonds. The fourth-order valence-electron chi connectivity index (χ4n) is 1.47. The molecule has 1 N–H and O–H groups in total. The van der Waals surface area contributed by atoms with Gasteiger partial charge in [0.25, 0.3) is 0 Å². The van der Waals surface area contributed by atoms with Gasteiger partial charge in [0, 0.05) is 0 Å². The third-order valence-electron chi connectivity index (χ3n) is 2.82. The van der Waals surface area contributed by atoms with E-state index < -0.39 is 11.9 Å². The standard InChI is InChI=1S/C12H14Cl2O2/c1-7(8(2)12(15)16)6-9-4-3-5-10(13)11(9)14/h3-5,7-8H,6H2,1-2H3,(H,15,16). The molecule has 2 unspecified atom stereocenters. The molecule has 0 aromatic heterocycles. The van der Waals surface area contributed by atoms with Crippen molar-refractivity contribution in [2.45, 2.75) is 20.3 Å². The Balaban J connectivity index is 2.81. The number of benzene rings is 1. The molecular weight excluding hydrogens is 247 g/mol. The van der Waals surface area contributed by atoms with Crippen LogP contribution in [0.25, 0.3) is 0 Å². The van der Waals surface area contributed by atoms with Crippen molar-refractivity contribution in [3.63, 3.8) is 0 Å². The molecule has 88 valence electrons. The zero-order valence-electron chi connectivity index (χ0n) is 9.21. The van der Waals surface area contributed by atoms with Crippen LogP contribution in [0, 0.1) is 11.8 Å². The van der Waals surface area contributed by atoms with E-state index in [-0.39, 0.29) is 5.92 Å². The van der Waals surface area contributed by atoms with E-state index >= 15 is 0 Å². The van der Waals surface area contributed by atoms with Gasteiger partial charge in [-0.1, -0.05) is 49.2 Å². The lowest BCUT2D eigenvalue weighted by atomic mass is 9.90. The summed E-state index contributed by atoms with van der Waals surface area (Å²) in [6, 6.07) is 5.42. The van der Waals surface area contributed by atoms with E-state index in [1.165, 1.54) is 0 Å². The van der Waals surface area contributed by atoms with E-state index in [9.17, 15) is 4.79 Å². The van der Waals surface area contributed by atoms with Gasteiger partial charge in [0.05, 0.1) is 16.0 Å². The predicted octanol–water partition coefficient (Wildman–Crippen LogP) is 3.89. The van der Waals surface area contributed by atoms with Crippen LogP contribution in [-0.4, -0.2) is 11.1 Å². The number of rotatable bonds is 4. The topological polar surface area (TPSA) is 37.3 Å². The van der Waals surface area contributed by atoms with Crippen LogP contribution in [0.4, 0.5) is 0 Å². The van der Waals surface area contributed by atoms with Gasteiger partial charge in [-0.2, -0.15) is 0 Å². The predicted molar refractivity (Wildman–Crippen MR) is 66.1 cm³/mol. The highest BCUT2D eigenvalue weighted by molar-refractivity contribution is 6.42. The molecule has 1 rings (SSSR count). The molecule has 0 radical (unpaired) electrons. The molecule has 2 atom stereocenters. The Morgan fingerprint density at radius 2 is 2.00 bits per heavy atom. The number of hydrogen-bond acceptors (Lipinski definition) is 1. The van der Waals surface area contributed by atoms with Crippen LogP contribution in [0.1, 0.15) is 19.4 Å². The smallest absolute Gasteiger partial charge is 0.306 e. The molecular formula is C12H14Cl2O2. The summed E-state index contributed by atoms with van der Waals surface area (Å²) in [5.74, 6) is -1.16. The number of carbonyl (C=O) groups is 1. The third-order valence-corrected chi connectivity index (χ3v) is 3.67. The summed E-state index contributed by atoms with van der Waals surface area (Å²) < 4.78 is 0. The van der Waals surface area contributed by atoms with Gasteiger partial charge in [0.15, 0.2) is 0 Å². The first-order valence-corrected chi connectivity index (χ1v) is 5.84. The molecule has 0 saturated heterocycles. The van der Waals surface area contributed by atoms with Crippen LogP contribution in [0.3, 0.4) is 0 Å². The highest BCUT2D eigenvalue weighted by Crippen LogP contribution is 2.28. The van der Waals surface area contributed by atoms with E-state index in [1.807, 2.05) is 19.1 Å². The van der Waals surface area contributed by atoms with Gasteiger partial charge in [-0.3, -0.25) is 4.79 Å². The lowest BCUT2D eigenvalue weighted by Crippen LogP contribution is -2.20. The van der Waals surface area contributed by atoms with Crippen LogP contribution >= 0.6 is 23.2 Å². The molecule has 1 aromatic rings. The maximum Gasteiger partial charge on any atom is 0.306 e. The molecule has 2 nitrogen and oxygen atoms in total. The molecule has 4 heteroatoms. The molecule has 16 heavy (non-hydrogen) atoms. The monoisotopic (exact) mass is 260 g/mol. The second kappa shape index (κ2) is 5.55. The maximum atomic E-state index is 10.8. The Hall–Kier alpha value is -0.730. The first kappa shape index (κ1) is 13.3. The van der Waals surface area contributed by atoms with Crippen LogP contribution in [0.2, 0.25) is 10.0 Å². The van der Waals surface area contributed by atoms with Crippen LogP contribution in [0.5, 0.6) is 0 Å².